The number of fused-ring (bicyclic) bond motifs is 1. The molecule has 15 heavy (non-hydrogen) atoms. The van der Waals surface area contributed by atoms with Gasteiger partial charge in [-0.15, -0.1) is 0 Å². The Bertz CT molecular complexity index is 324. The van der Waals surface area contributed by atoms with Crippen molar-refractivity contribution in [3.8, 4) is 0 Å². The van der Waals surface area contributed by atoms with Crippen molar-refractivity contribution >= 4 is 5.78 Å². The van der Waals surface area contributed by atoms with E-state index in [1.807, 2.05) is 0 Å². The van der Waals surface area contributed by atoms with Gasteiger partial charge in [0.25, 0.3) is 0 Å². The van der Waals surface area contributed by atoms with E-state index >= 15 is 0 Å². The summed E-state index contributed by atoms with van der Waals surface area (Å²) in [6, 6.07) is 0. The molecule has 4 bridgehead atoms. The Morgan fingerprint density at radius 1 is 1.33 bits per heavy atom. The van der Waals surface area contributed by atoms with Crippen LogP contribution in [-0.4, -0.2) is 16.5 Å². The molecule has 0 unspecified atom stereocenters. The van der Waals surface area contributed by atoms with Gasteiger partial charge in [-0.1, -0.05) is 13.8 Å². The van der Waals surface area contributed by atoms with Crippen LogP contribution in [0, 0.1) is 23.2 Å². The van der Waals surface area contributed by atoms with Gasteiger partial charge in [0.2, 0.25) is 0 Å². The molecule has 0 spiro atoms. The minimum atomic E-state index is -0.967. The summed E-state index contributed by atoms with van der Waals surface area (Å²) in [6.07, 6.45) is 4.83. The largest absolute Gasteiger partial charge is 0.381 e. The first kappa shape index (κ1) is 9.83. The van der Waals surface area contributed by atoms with E-state index in [2.05, 4.69) is 13.8 Å². The van der Waals surface area contributed by atoms with Crippen molar-refractivity contribution in [1.29, 1.82) is 0 Å². The standard InChI is InChI=1S/C13H20O2/c1-8-3-6-13(15)11(14)9-4-5-12(13,2)10(8)7-9/h8-10,15H,3-7H2,1-2H3/t8-,9-,10+,12+,13-/m1/s1. The number of rotatable bonds is 0. The predicted molar refractivity (Wildman–Crippen MR) is 57.3 cm³/mol. The molecule has 0 amide bonds. The Kier molecular flexibility index (Phi) is 1.74. The lowest BCUT2D eigenvalue weighted by Crippen LogP contribution is -2.68. The van der Waals surface area contributed by atoms with Crippen LogP contribution in [0.2, 0.25) is 0 Å². The lowest BCUT2D eigenvalue weighted by molar-refractivity contribution is -0.214. The van der Waals surface area contributed by atoms with Gasteiger partial charge >= 0.3 is 0 Å². The molecule has 0 aliphatic heterocycles. The molecular weight excluding hydrogens is 188 g/mol. The minimum Gasteiger partial charge on any atom is -0.381 e. The maximum Gasteiger partial charge on any atom is 0.167 e. The van der Waals surface area contributed by atoms with Crippen molar-refractivity contribution < 1.29 is 9.90 Å². The molecule has 0 aromatic carbocycles. The van der Waals surface area contributed by atoms with Crippen LogP contribution in [0.5, 0.6) is 0 Å². The molecule has 4 aliphatic carbocycles. The van der Waals surface area contributed by atoms with E-state index in [1.54, 1.807) is 0 Å². The third-order valence-electron chi connectivity index (χ3n) is 5.74. The first-order chi connectivity index (χ1) is 6.99. The van der Waals surface area contributed by atoms with Gasteiger partial charge in [-0.05, 0) is 43.9 Å². The van der Waals surface area contributed by atoms with Crippen LogP contribution in [0.15, 0.2) is 0 Å². The van der Waals surface area contributed by atoms with Crippen LogP contribution in [0.25, 0.3) is 0 Å². The smallest absolute Gasteiger partial charge is 0.167 e. The Hall–Kier alpha value is -0.370. The molecule has 0 radical (unpaired) electrons. The first-order valence-electron chi connectivity index (χ1n) is 6.26. The van der Waals surface area contributed by atoms with Gasteiger partial charge in [0, 0.05) is 11.3 Å². The molecule has 4 saturated carbocycles. The van der Waals surface area contributed by atoms with E-state index < -0.39 is 5.60 Å². The Morgan fingerprint density at radius 3 is 2.80 bits per heavy atom. The van der Waals surface area contributed by atoms with Gasteiger partial charge < -0.3 is 5.11 Å². The van der Waals surface area contributed by atoms with Crippen molar-refractivity contribution in [2.45, 2.75) is 51.6 Å². The van der Waals surface area contributed by atoms with E-state index in [9.17, 15) is 9.90 Å². The van der Waals surface area contributed by atoms with E-state index in [0.29, 0.717) is 18.3 Å². The van der Waals surface area contributed by atoms with Crippen molar-refractivity contribution in [2.24, 2.45) is 23.2 Å². The van der Waals surface area contributed by atoms with Crippen molar-refractivity contribution in [2.75, 3.05) is 0 Å². The van der Waals surface area contributed by atoms with E-state index in [1.165, 1.54) is 0 Å². The number of Topliss-reactive ketones (excluding diaryl/α,β-unsaturated/α-hetero) is 1. The van der Waals surface area contributed by atoms with Crippen LogP contribution in [0.3, 0.4) is 0 Å². The number of aliphatic hydroxyl groups is 1. The summed E-state index contributed by atoms with van der Waals surface area (Å²) >= 11 is 0. The van der Waals surface area contributed by atoms with Crippen LogP contribution in [0.4, 0.5) is 0 Å². The van der Waals surface area contributed by atoms with Gasteiger partial charge in [-0.3, -0.25) is 4.79 Å². The highest BCUT2D eigenvalue weighted by Gasteiger charge is 2.66. The number of ketones is 1. The maximum atomic E-state index is 12.2. The Labute approximate surface area is 91.1 Å². The monoisotopic (exact) mass is 208 g/mol. The summed E-state index contributed by atoms with van der Waals surface area (Å²) in [5.41, 5.74) is -1.08. The average Bonchev–Trinajstić information content (AvgIpc) is 2.21. The third-order valence-corrected chi connectivity index (χ3v) is 5.74. The molecule has 4 fully saturated rings. The Balaban J connectivity index is 2.11. The number of hydrogen-bond acceptors (Lipinski definition) is 2. The van der Waals surface area contributed by atoms with E-state index in [0.717, 1.165) is 25.7 Å². The summed E-state index contributed by atoms with van der Waals surface area (Å²) < 4.78 is 0. The quantitative estimate of drug-likeness (QED) is 0.662. The molecule has 5 atom stereocenters. The highest BCUT2D eigenvalue weighted by atomic mass is 16.3. The van der Waals surface area contributed by atoms with Gasteiger partial charge in [0.05, 0.1) is 0 Å². The van der Waals surface area contributed by atoms with Gasteiger partial charge in [0.15, 0.2) is 5.78 Å². The van der Waals surface area contributed by atoms with Crippen LogP contribution in [0.1, 0.15) is 46.0 Å². The van der Waals surface area contributed by atoms with Crippen LogP contribution >= 0.6 is 0 Å². The molecule has 0 saturated heterocycles. The van der Waals surface area contributed by atoms with Crippen molar-refractivity contribution in [3.63, 3.8) is 0 Å². The topological polar surface area (TPSA) is 37.3 Å². The third kappa shape index (κ3) is 0.926. The molecule has 2 nitrogen and oxygen atoms in total. The number of carbonyl (C=O) groups excluding carboxylic acids is 1. The number of carbonyl (C=O) groups is 1. The molecule has 1 N–H and O–H groups in total. The molecule has 84 valence electrons. The minimum absolute atomic E-state index is 0.115. The average molecular weight is 208 g/mol. The van der Waals surface area contributed by atoms with Crippen molar-refractivity contribution in [1.82, 2.24) is 0 Å². The summed E-state index contributed by atoms with van der Waals surface area (Å²) in [5, 5.41) is 10.7. The summed E-state index contributed by atoms with van der Waals surface area (Å²) in [4.78, 5) is 12.2. The van der Waals surface area contributed by atoms with Gasteiger partial charge in [-0.25, -0.2) is 0 Å². The zero-order valence-electron chi connectivity index (χ0n) is 9.62. The van der Waals surface area contributed by atoms with Crippen molar-refractivity contribution in [3.05, 3.63) is 0 Å². The molecule has 0 heterocycles. The normalized spacial score (nSPS) is 58.3. The summed E-state index contributed by atoms with van der Waals surface area (Å²) in [7, 11) is 0. The first-order valence-corrected chi connectivity index (χ1v) is 6.26. The summed E-state index contributed by atoms with van der Waals surface area (Å²) in [6.45, 7) is 4.45. The molecule has 0 aromatic rings. The predicted octanol–water partition coefficient (Wildman–Crippen LogP) is 2.15. The van der Waals surface area contributed by atoms with Gasteiger partial charge in [-0.2, -0.15) is 0 Å². The van der Waals surface area contributed by atoms with Crippen LogP contribution < -0.4 is 0 Å². The molecule has 2 heteroatoms. The molecule has 0 aromatic heterocycles. The lowest BCUT2D eigenvalue weighted by atomic mass is 9.42. The second-order valence-corrected chi connectivity index (χ2v) is 6.24. The van der Waals surface area contributed by atoms with Crippen LogP contribution in [-0.2, 0) is 4.79 Å². The fraction of sp³-hybridized carbons (Fsp3) is 0.923. The molecule has 4 rings (SSSR count). The SMILES string of the molecule is C[C@@H]1CC[C@@]2(O)C(=O)[C@@H]3CC[C@@]2(C)[C@H]1C3. The Morgan fingerprint density at radius 2 is 2.07 bits per heavy atom. The second kappa shape index (κ2) is 2.65. The molecule has 4 aliphatic rings. The fourth-order valence-electron chi connectivity index (χ4n) is 4.62. The highest BCUT2D eigenvalue weighted by Crippen LogP contribution is 2.63. The maximum absolute atomic E-state index is 12.2. The van der Waals surface area contributed by atoms with Gasteiger partial charge in [0.1, 0.15) is 5.60 Å². The highest BCUT2D eigenvalue weighted by molar-refractivity contribution is 5.92. The molecular formula is C13H20O2. The fourth-order valence-corrected chi connectivity index (χ4v) is 4.62. The van der Waals surface area contributed by atoms with E-state index in [4.69, 9.17) is 0 Å². The lowest BCUT2D eigenvalue weighted by Gasteiger charge is -2.63. The second-order valence-electron chi connectivity index (χ2n) is 6.24. The zero-order valence-corrected chi connectivity index (χ0v) is 9.62. The summed E-state index contributed by atoms with van der Waals surface area (Å²) in [5.74, 6) is 1.60. The van der Waals surface area contributed by atoms with E-state index in [-0.39, 0.29) is 17.1 Å². The zero-order chi connectivity index (χ0) is 10.8. The number of hydrogen-bond donors (Lipinski definition) is 1.